The summed E-state index contributed by atoms with van der Waals surface area (Å²) in [6, 6.07) is 9.62. The van der Waals surface area contributed by atoms with Crippen molar-refractivity contribution in [2.45, 2.75) is 19.8 Å². The Morgan fingerprint density at radius 3 is 2.80 bits per heavy atom. The highest BCUT2D eigenvalue weighted by Crippen LogP contribution is 2.15. The molecule has 3 rings (SSSR count). The van der Waals surface area contributed by atoms with Crippen LogP contribution >= 0.6 is 0 Å². The Labute approximate surface area is 117 Å². The molecule has 0 unspecified atom stereocenters. The Balaban J connectivity index is 1.84. The van der Waals surface area contributed by atoms with E-state index in [-0.39, 0.29) is 5.78 Å². The number of Topliss-reactive ketones (excluding diaryl/α,β-unsaturated/α-hetero) is 1. The molecule has 3 heterocycles. The van der Waals surface area contributed by atoms with Gasteiger partial charge in [0.05, 0.1) is 5.69 Å². The van der Waals surface area contributed by atoms with E-state index in [0.29, 0.717) is 12.1 Å². The van der Waals surface area contributed by atoms with E-state index in [2.05, 4.69) is 9.97 Å². The van der Waals surface area contributed by atoms with Crippen LogP contribution in [-0.4, -0.2) is 20.2 Å². The fourth-order valence-corrected chi connectivity index (χ4v) is 2.38. The number of imidazole rings is 1. The number of nitrogens with zero attached hydrogens (tertiary/aromatic N) is 3. The van der Waals surface area contributed by atoms with E-state index in [9.17, 15) is 4.79 Å². The van der Waals surface area contributed by atoms with Crippen molar-refractivity contribution >= 4 is 11.4 Å². The van der Waals surface area contributed by atoms with E-state index < -0.39 is 0 Å². The first kappa shape index (κ1) is 12.5. The number of carbonyl (C=O) groups excluding carboxylic acids is 1. The van der Waals surface area contributed by atoms with Crippen LogP contribution in [0.25, 0.3) is 5.65 Å². The van der Waals surface area contributed by atoms with Gasteiger partial charge in [0.25, 0.3) is 0 Å². The largest absolute Gasteiger partial charge is 0.297 e. The molecule has 3 aromatic rings. The third kappa shape index (κ3) is 2.32. The molecule has 0 amide bonds. The zero-order valence-corrected chi connectivity index (χ0v) is 11.3. The summed E-state index contributed by atoms with van der Waals surface area (Å²) < 4.78 is 1.87. The molecule has 0 aliphatic heterocycles. The molecule has 0 bridgehead atoms. The van der Waals surface area contributed by atoms with Gasteiger partial charge < -0.3 is 0 Å². The quantitative estimate of drug-likeness (QED) is 0.681. The van der Waals surface area contributed by atoms with Crippen LogP contribution in [0, 0.1) is 6.92 Å². The molecule has 0 N–H and O–H groups in total. The maximum absolute atomic E-state index is 12.4. The fraction of sp³-hybridized carbons (Fsp3) is 0.188. The van der Waals surface area contributed by atoms with Crippen molar-refractivity contribution < 1.29 is 4.79 Å². The highest BCUT2D eigenvalue weighted by molar-refractivity contribution is 5.96. The first-order chi connectivity index (χ1) is 9.75. The van der Waals surface area contributed by atoms with Gasteiger partial charge in [0, 0.05) is 25.0 Å². The highest BCUT2D eigenvalue weighted by atomic mass is 16.1. The van der Waals surface area contributed by atoms with Crippen LogP contribution in [0.3, 0.4) is 0 Å². The monoisotopic (exact) mass is 265 g/mol. The molecule has 3 aromatic heterocycles. The Morgan fingerprint density at radius 2 is 2.00 bits per heavy atom. The fourth-order valence-electron chi connectivity index (χ4n) is 2.38. The molecule has 0 atom stereocenters. The van der Waals surface area contributed by atoms with Crippen LogP contribution in [0.4, 0.5) is 0 Å². The molecule has 0 fully saturated rings. The van der Waals surface area contributed by atoms with E-state index in [1.165, 1.54) is 0 Å². The van der Waals surface area contributed by atoms with Gasteiger partial charge in [0.2, 0.25) is 0 Å². The lowest BCUT2D eigenvalue weighted by Crippen LogP contribution is -2.06. The Hall–Kier alpha value is -2.49. The van der Waals surface area contributed by atoms with Crippen LogP contribution in [0.15, 0.2) is 48.9 Å². The van der Waals surface area contributed by atoms with E-state index in [0.717, 1.165) is 23.3 Å². The summed E-state index contributed by atoms with van der Waals surface area (Å²) in [5.41, 5.74) is 3.42. The maximum atomic E-state index is 12.4. The minimum absolute atomic E-state index is 0.123. The number of carbonyl (C=O) groups is 1. The number of pyridine rings is 2. The molecule has 0 aliphatic carbocycles. The summed E-state index contributed by atoms with van der Waals surface area (Å²) in [5, 5.41) is 0. The maximum Gasteiger partial charge on any atom is 0.181 e. The molecular weight excluding hydrogens is 250 g/mol. The number of rotatable bonds is 4. The van der Waals surface area contributed by atoms with Gasteiger partial charge in [-0.15, -0.1) is 0 Å². The molecule has 0 saturated carbocycles. The molecule has 0 saturated heterocycles. The van der Waals surface area contributed by atoms with Crippen molar-refractivity contribution in [1.82, 2.24) is 14.4 Å². The lowest BCUT2D eigenvalue weighted by atomic mass is 10.1. The van der Waals surface area contributed by atoms with Crippen LogP contribution in [0.1, 0.15) is 28.2 Å². The summed E-state index contributed by atoms with van der Waals surface area (Å²) in [6.45, 7) is 1.88. The van der Waals surface area contributed by atoms with E-state index in [1.807, 2.05) is 47.9 Å². The van der Waals surface area contributed by atoms with Crippen LogP contribution in [0.5, 0.6) is 0 Å². The predicted molar refractivity (Wildman–Crippen MR) is 76.8 cm³/mol. The smallest absolute Gasteiger partial charge is 0.181 e. The lowest BCUT2D eigenvalue weighted by Gasteiger charge is -2.03. The normalized spacial score (nSPS) is 10.8. The van der Waals surface area contributed by atoms with Crippen LogP contribution in [0.2, 0.25) is 0 Å². The standard InChI is InChI=1S/C16H15N3O/c1-12-16(19-11-3-2-4-15(19)18-12)14(20)6-5-13-7-9-17-10-8-13/h2-4,7-11H,5-6H2,1H3. The molecule has 100 valence electrons. The molecule has 4 nitrogen and oxygen atoms in total. The summed E-state index contributed by atoms with van der Waals surface area (Å²) in [7, 11) is 0. The zero-order chi connectivity index (χ0) is 13.9. The Kier molecular flexibility index (Phi) is 3.29. The average Bonchev–Trinajstić information content (AvgIpc) is 2.82. The van der Waals surface area contributed by atoms with Gasteiger partial charge in [0.1, 0.15) is 11.3 Å². The molecule has 0 aromatic carbocycles. The van der Waals surface area contributed by atoms with Crippen molar-refractivity contribution in [3.8, 4) is 0 Å². The van der Waals surface area contributed by atoms with Crippen molar-refractivity contribution in [2.75, 3.05) is 0 Å². The number of ketones is 1. The Morgan fingerprint density at radius 1 is 1.20 bits per heavy atom. The van der Waals surface area contributed by atoms with Crippen LogP contribution < -0.4 is 0 Å². The summed E-state index contributed by atoms with van der Waals surface area (Å²) in [5.74, 6) is 0.123. The lowest BCUT2D eigenvalue weighted by molar-refractivity contribution is 0.0976. The van der Waals surface area contributed by atoms with Gasteiger partial charge in [-0.3, -0.25) is 14.2 Å². The Bertz CT molecular complexity index is 747. The topological polar surface area (TPSA) is 47.3 Å². The van der Waals surface area contributed by atoms with Gasteiger partial charge in [0.15, 0.2) is 5.78 Å². The average molecular weight is 265 g/mol. The molecule has 4 heteroatoms. The second kappa shape index (κ2) is 5.25. The number of fused-ring (bicyclic) bond motifs is 1. The molecular formula is C16H15N3O. The molecule has 0 spiro atoms. The van der Waals surface area contributed by atoms with Crippen molar-refractivity contribution in [3.63, 3.8) is 0 Å². The van der Waals surface area contributed by atoms with Crippen molar-refractivity contribution in [2.24, 2.45) is 0 Å². The third-order valence-electron chi connectivity index (χ3n) is 3.36. The van der Waals surface area contributed by atoms with Crippen molar-refractivity contribution in [1.29, 1.82) is 0 Å². The predicted octanol–water partition coefficient (Wildman–Crippen LogP) is 2.85. The third-order valence-corrected chi connectivity index (χ3v) is 3.36. The van der Waals surface area contributed by atoms with Crippen molar-refractivity contribution in [3.05, 3.63) is 65.9 Å². The number of hydrogen-bond donors (Lipinski definition) is 0. The number of aromatic nitrogens is 3. The van der Waals surface area contributed by atoms with Gasteiger partial charge in [-0.1, -0.05) is 6.07 Å². The van der Waals surface area contributed by atoms with Crippen LogP contribution in [-0.2, 0) is 6.42 Å². The second-order valence-electron chi connectivity index (χ2n) is 4.75. The van der Waals surface area contributed by atoms with E-state index in [4.69, 9.17) is 0 Å². The second-order valence-corrected chi connectivity index (χ2v) is 4.75. The first-order valence-corrected chi connectivity index (χ1v) is 6.61. The number of hydrogen-bond acceptors (Lipinski definition) is 3. The summed E-state index contributed by atoms with van der Waals surface area (Å²) in [4.78, 5) is 20.8. The highest BCUT2D eigenvalue weighted by Gasteiger charge is 2.15. The molecule has 0 aliphatic rings. The van der Waals surface area contributed by atoms with Gasteiger partial charge in [-0.05, 0) is 43.2 Å². The summed E-state index contributed by atoms with van der Waals surface area (Å²) >= 11 is 0. The first-order valence-electron chi connectivity index (χ1n) is 6.61. The SMILES string of the molecule is Cc1nc2ccccn2c1C(=O)CCc1ccncc1. The number of aryl methyl sites for hydroxylation is 2. The zero-order valence-electron chi connectivity index (χ0n) is 11.3. The summed E-state index contributed by atoms with van der Waals surface area (Å²) in [6.07, 6.45) is 6.59. The molecule has 20 heavy (non-hydrogen) atoms. The van der Waals surface area contributed by atoms with E-state index in [1.54, 1.807) is 12.4 Å². The minimum Gasteiger partial charge on any atom is -0.297 e. The molecule has 0 radical (unpaired) electrons. The minimum atomic E-state index is 0.123. The van der Waals surface area contributed by atoms with Gasteiger partial charge in [-0.25, -0.2) is 4.98 Å². The van der Waals surface area contributed by atoms with Gasteiger partial charge in [-0.2, -0.15) is 0 Å². The van der Waals surface area contributed by atoms with E-state index >= 15 is 0 Å². The van der Waals surface area contributed by atoms with Gasteiger partial charge >= 0.3 is 0 Å².